The molecule has 1 saturated heterocycles. The van der Waals surface area contributed by atoms with Gasteiger partial charge < -0.3 is 11.1 Å². The first-order valence-corrected chi connectivity index (χ1v) is 8.32. The fourth-order valence-corrected chi connectivity index (χ4v) is 3.36. The lowest BCUT2D eigenvalue weighted by Crippen LogP contribution is -2.41. The maximum atomic E-state index is 13.0. The summed E-state index contributed by atoms with van der Waals surface area (Å²) in [6.45, 7) is 5.77. The summed E-state index contributed by atoms with van der Waals surface area (Å²) in [5, 5.41) is 2.75. The molecule has 2 aromatic carbocycles. The number of amides is 4. The van der Waals surface area contributed by atoms with E-state index in [9.17, 15) is 14.4 Å². The molecule has 0 aliphatic carbocycles. The minimum atomic E-state index is -1.23. The van der Waals surface area contributed by atoms with Gasteiger partial charge in [-0.2, -0.15) is 0 Å². The number of nitrogens with one attached hydrogen (secondary N) is 1. The molecule has 0 saturated carbocycles. The molecule has 3 rings (SSSR count). The Balaban J connectivity index is 1.93. The van der Waals surface area contributed by atoms with Crippen molar-refractivity contribution in [1.82, 2.24) is 10.2 Å². The molecular weight excluding hydrogens is 330 g/mol. The van der Waals surface area contributed by atoms with Gasteiger partial charge in [0.25, 0.3) is 5.91 Å². The molecule has 1 aliphatic rings. The monoisotopic (exact) mass is 351 g/mol. The van der Waals surface area contributed by atoms with Crippen molar-refractivity contribution in [3.05, 3.63) is 70.3 Å². The Morgan fingerprint density at radius 1 is 1.12 bits per heavy atom. The highest BCUT2D eigenvalue weighted by atomic mass is 16.2. The zero-order chi connectivity index (χ0) is 19.1. The van der Waals surface area contributed by atoms with E-state index in [0.717, 1.165) is 16.7 Å². The summed E-state index contributed by atoms with van der Waals surface area (Å²) in [5.41, 5.74) is 7.94. The van der Waals surface area contributed by atoms with Gasteiger partial charge in [-0.05, 0) is 44.0 Å². The topological polar surface area (TPSA) is 92.5 Å². The standard InChI is InChI=1S/C20H21N3O3/c1-12-7-13(2)9-14(8-12)11-23-18(25)20(3,22-19(23)26)16-6-4-5-15(10-16)17(21)24/h4-10H,11H2,1-3H3,(H2,21,24)(H,22,26). The molecule has 2 aromatic rings. The van der Waals surface area contributed by atoms with Crippen molar-refractivity contribution in [3.63, 3.8) is 0 Å². The van der Waals surface area contributed by atoms with Crippen LogP contribution in [0, 0.1) is 13.8 Å². The molecule has 0 aromatic heterocycles. The average molecular weight is 351 g/mol. The molecule has 0 bridgehead atoms. The van der Waals surface area contributed by atoms with Crippen LogP contribution in [0.15, 0.2) is 42.5 Å². The van der Waals surface area contributed by atoms with E-state index in [1.165, 1.54) is 4.90 Å². The van der Waals surface area contributed by atoms with Crippen molar-refractivity contribution in [2.45, 2.75) is 32.9 Å². The molecule has 1 atom stereocenters. The third-order valence-corrected chi connectivity index (χ3v) is 4.62. The molecule has 1 heterocycles. The van der Waals surface area contributed by atoms with Gasteiger partial charge in [-0.25, -0.2) is 4.79 Å². The SMILES string of the molecule is Cc1cc(C)cc(CN2C(=O)NC(C)(c3cccc(C(N)=O)c3)C2=O)c1. The molecule has 6 heteroatoms. The van der Waals surface area contributed by atoms with Gasteiger partial charge in [0.05, 0.1) is 6.54 Å². The molecular formula is C20H21N3O3. The summed E-state index contributed by atoms with van der Waals surface area (Å²) < 4.78 is 0. The van der Waals surface area contributed by atoms with E-state index in [2.05, 4.69) is 5.32 Å². The van der Waals surface area contributed by atoms with Crippen molar-refractivity contribution in [2.24, 2.45) is 5.73 Å². The Morgan fingerprint density at radius 2 is 1.77 bits per heavy atom. The van der Waals surface area contributed by atoms with Crippen LogP contribution in [0.1, 0.15) is 39.5 Å². The highest BCUT2D eigenvalue weighted by molar-refractivity contribution is 6.07. The normalized spacial score (nSPS) is 19.6. The smallest absolute Gasteiger partial charge is 0.325 e. The summed E-state index contributed by atoms with van der Waals surface area (Å²) in [6.07, 6.45) is 0. The first-order chi connectivity index (χ1) is 12.2. The van der Waals surface area contributed by atoms with Crippen molar-refractivity contribution in [3.8, 4) is 0 Å². The number of carbonyl (C=O) groups excluding carboxylic acids is 3. The predicted molar refractivity (Wildman–Crippen MR) is 97.3 cm³/mol. The summed E-state index contributed by atoms with van der Waals surface area (Å²) in [5.74, 6) is -0.942. The second kappa shape index (κ2) is 6.29. The lowest BCUT2D eigenvalue weighted by molar-refractivity contribution is -0.131. The summed E-state index contributed by atoms with van der Waals surface area (Å²) in [6, 6.07) is 12.0. The van der Waals surface area contributed by atoms with Crippen LogP contribution >= 0.6 is 0 Å². The van der Waals surface area contributed by atoms with Crippen molar-refractivity contribution in [1.29, 1.82) is 0 Å². The number of imide groups is 1. The van der Waals surface area contributed by atoms with Crippen molar-refractivity contribution in [2.75, 3.05) is 0 Å². The number of hydrogen-bond donors (Lipinski definition) is 2. The number of nitrogens with zero attached hydrogens (tertiary/aromatic N) is 1. The van der Waals surface area contributed by atoms with E-state index < -0.39 is 17.5 Å². The molecule has 6 nitrogen and oxygen atoms in total. The maximum Gasteiger partial charge on any atom is 0.325 e. The van der Waals surface area contributed by atoms with Crippen LogP contribution in [0.3, 0.4) is 0 Å². The number of aryl methyl sites for hydroxylation is 2. The maximum absolute atomic E-state index is 13.0. The minimum absolute atomic E-state index is 0.193. The molecule has 4 amide bonds. The van der Waals surface area contributed by atoms with Gasteiger partial charge in [0.2, 0.25) is 5.91 Å². The van der Waals surface area contributed by atoms with Crippen LogP contribution in [-0.2, 0) is 16.9 Å². The van der Waals surface area contributed by atoms with Crippen LogP contribution in [0.25, 0.3) is 0 Å². The Labute approximate surface area is 152 Å². The molecule has 1 fully saturated rings. The zero-order valence-electron chi connectivity index (χ0n) is 15.0. The molecule has 26 heavy (non-hydrogen) atoms. The number of nitrogens with two attached hydrogens (primary N) is 1. The van der Waals surface area contributed by atoms with E-state index in [1.807, 2.05) is 32.0 Å². The Morgan fingerprint density at radius 3 is 2.38 bits per heavy atom. The van der Waals surface area contributed by atoms with Gasteiger partial charge in [0.1, 0.15) is 5.54 Å². The molecule has 134 valence electrons. The Bertz CT molecular complexity index is 902. The second-order valence-electron chi connectivity index (χ2n) is 6.89. The van der Waals surface area contributed by atoms with E-state index in [-0.39, 0.29) is 12.5 Å². The van der Waals surface area contributed by atoms with E-state index in [0.29, 0.717) is 11.1 Å². The largest absolute Gasteiger partial charge is 0.366 e. The van der Waals surface area contributed by atoms with Crippen molar-refractivity contribution >= 4 is 17.8 Å². The van der Waals surface area contributed by atoms with Gasteiger partial charge in [0, 0.05) is 5.56 Å². The zero-order valence-corrected chi connectivity index (χ0v) is 15.0. The third kappa shape index (κ3) is 3.06. The average Bonchev–Trinajstić information content (AvgIpc) is 2.78. The summed E-state index contributed by atoms with van der Waals surface area (Å²) in [4.78, 5) is 38.1. The number of hydrogen-bond acceptors (Lipinski definition) is 3. The first-order valence-electron chi connectivity index (χ1n) is 8.32. The van der Waals surface area contributed by atoms with Crippen LogP contribution in [0.4, 0.5) is 4.79 Å². The third-order valence-electron chi connectivity index (χ3n) is 4.62. The number of carbonyl (C=O) groups is 3. The minimum Gasteiger partial charge on any atom is -0.366 e. The predicted octanol–water partition coefficient (Wildman–Crippen LogP) is 2.37. The fourth-order valence-electron chi connectivity index (χ4n) is 3.36. The van der Waals surface area contributed by atoms with Crippen LogP contribution in [-0.4, -0.2) is 22.7 Å². The molecule has 0 radical (unpaired) electrons. The lowest BCUT2D eigenvalue weighted by atomic mass is 9.90. The highest BCUT2D eigenvalue weighted by Gasteiger charge is 2.49. The van der Waals surface area contributed by atoms with Gasteiger partial charge in [-0.15, -0.1) is 0 Å². The van der Waals surface area contributed by atoms with Gasteiger partial charge in [-0.1, -0.05) is 41.5 Å². The summed E-state index contributed by atoms with van der Waals surface area (Å²) >= 11 is 0. The van der Waals surface area contributed by atoms with E-state index in [4.69, 9.17) is 5.73 Å². The Kier molecular flexibility index (Phi) is 4.28. The van der Waals surface area contributed by atoms with Crippen LogP contribution in [0.2, 0.25) is 0 Å². The first kappa shape index (κ1) is 17.7. The number of rotatable bonds is 4. The van der Waals surface area contributed by atoms with Crippen LogP contribution in [0.5, 0.6) is 0 Å². The quantitative estimate of drug-likeness (QED) is 0.828. The Hall–Kier alpha value is -3.15. The number of primary amides is 1. The molecule has 0 spiro atoms. The molecule has 1 unspecified atom stereocenters. The second-order valence-corrected chi connectivity index (χ2v) is 6.89. The van der Waals surface area contributed by atoms with E-state index in [1.54, 1.807) is 31.2 Å². The highest BCUT2D eigenvalue weighted by Crippen LogP contribution is 2.30. The van der Waals surface area contributed by atoms with Gasteiger partial charge in [0.15, 0.2) is 0 Å². The molecule has 3 N–H and O–H groups in total. The van der Waals surface area contributed by atoms with Gasteiger partial charge in [-0.3, -0.25) is 14.5 Å². The van der Waals surface area contributed by atoms with Crippen LogP contribution < -0.4 is 11.1 Å². The van der Waals surface area contributed by atoms with Crippen molar-refractivity contribution < 1.29 is 14.4 Å². The van der Waals surface area contributed by atoms with E-state index >= 15 is 0 Å². The number of benzene rings is 2. The lowest BCUT2D eigenvalue weighted by Gasteiger charge is -2.22. The number of urea groups is 1. The molecule has 1 aliphatic heterocycles. The van der Waals surface area contributed by atoms with Gasteiger partial charge >= 0.3 is 6.03 Å². The summed E-state index contributed by atoms with van der Waals surface area (Å²) in [7, 11) is 0. The fraction of sp³-hybridized carbons (Fsp3) is 0.250.